The summed E-state index contributed by atoms with van der Waals surface area (Å²) in [5.74, 6) is 0.934. The van der Waals surface area contributed by atoms with Crippen molar-refractivity contribution in [2.24, 2.45) is 5.92 Å². The van der Waals surface area contributed by atoms with Crippen LogP contribution in [0.1, 0.15) is 20.3 Å². The molecule has 0 heterocycles. The fourth-order valence-electron chi connectivity index (χ4n) is 1.47. The van der Waals surface area contributed by atoms with Crippen molar-refractivity contribution < 1.29 is 14.8 Å². The van der Waals surface area contributed by atoms with Gasteiger partial charge in [0.15, 0.2) is 0 Å². The van der Waals surface area contributed by atoms with Crippen LogP contribution in [0.4, 0.5) is 5.69 Å². The summed E-state index contributed by atoms with van der Waals surface area (Å²) in [4.78, 5) is 9.96. The monoisotopic (exact) mass is 239 g/mol. The number of hydrogen-bond donors (Lipinski definition) is 1. The van der Waals surface area contributed by atoms with Crippen LogP contribution >= 0.6 is 0 Å². The van der Waals surface area contributed by atoms with E-state index in [1.807, 2.05) is 13.8 Å². The summed E-state index contributed by atoms with van der Waals surface area (Å²) in [5, 5.41) is 20.0. The molecular formula is C12H17NO4. The van der Waals surface area contributed by atoms with Crippen molar-refractivity contribution in [3.05, 3.63) is 34.4 Å². The minimum atomic E-state index is -0.509. The van der Waals surface area contributed by atoms with Crippen LogP contribution in [0.5, 0.6) is 5.75 Å². The zero-order chi connectivity index (χ0) is 12.8. The molecule has 0 spiro atoms. The SMILES string of the molecule is CC(C)C[C@@H](O)COc1ccc([N+](=O)[O-])cc1. The molecule has 17 heavy (non-hydrogen) atoms. The molecule has 1 aromatic rings. The quantitative estimate of drug-likeness (QED) is 0.611. The minimum absolute atomic E-state index is 0.0279. The molecule has 1 N–H and O–H groups in total. The molecule has 0 saturated carbocycles. The van der Waals surface area contributed by atoms with Crippen LogP contribution in [0.2, 0.25) is 0 Å². The lowest BCUT2D eigenvalue weighted by molar-refractivity contribution is -0.384. The van der Waals surface area contributed by atoms with Crippen molar-refractivity contribution in [3.8, 4) is 5.75 Å². The third-order valence-electron chi connectivity index (χ3n) is 2.23. The molecular weight excluding hydrogens is 222 g/mol. The van der Waals surface area contributed by atoms with Crippen LogP contribution in [0, 0.1) is 16.0 Å². The summed E-state index contributed by atoms with van der Waals surface area (Å²) in [5.41, 5.74) is 0.0279. The summed E-state index contributed by atoms with van der Waals surface area (Å²) in [6.45, 7) is 4.25. The molecule has 1 aromatic carbocycles. The van der Waals surface area contributed by atoms with Crippen molar-refractivity contribution in [2.45, 2.75) is 26.4 Å². The van der Waals surface area contributed by atoms with Crippen molar-refractivity contribution in [2.75, 3.05) is 6.61 Å². The molecule has 0 aliphatic heterocycles. The van der Waals surface area contributed by atoms with E-state index in [9.17, 15) is 15.2 Å². The normalized spacial score (nSPS) is 12.5. The van der Waals surface area contributed by atoms with E-state index in [2.05, 4.69) is 0 Å². The zero-order valence-corrected chi connectivity index (χ0v) is 10.00. The first-order valence-corrected chi connectivity index (χ1v) is 5.54. The van der Waals surface area contributed by atoms with Gasteiger partial charge in [0.05, 0.1) is 11.0 Å². The second-order valence-corrected chi connectivity index (χ2v) is 4.35. The number of nitro benzene ring substituents is 1. The highest BCUT2D eigenvalue weighted by atomic mass is 16.6. The van der Waals surface area contributed by atoms with Gasteiger partial charge >= 0.3 is 0 Å². The zero-order valence-electron chi connectivity index (χ0n) is 10.00. The lowest BCUT2D eigenvalue weighted by atomic mass is 10.1. The fraction of sp³-hybridized carbons (Fsp3) is 0.500. The molecule has 0 bridgehead atoms. The molecule has 0 aliphatic carbocycles. The lowest BCUT2D eigenvalue weighted by Gasteiger charge is -2.13. The van der Waals surface area contributed by atoms with Gasteiger partial charge in [-0.15, -0.1) is 0 Å². The summed E-state index contributed by atoms with van der Waals surface area (Å²) in [6, 6.07) is 5.81. The van der Waals surface area contributed by atoms with Crippen LogP contribution in [0.25, 0.3) is 0 Å². The van der Waals surface area contributed by atoms with Crippen molar-refractivity contribution in [1.82, 2.24) is 0 Å². The molecule has 0 saturated heterocycles. The summed E-state index contributed by atoms with van der Waals surface area (Å²) >= 11 is 0. The topological polar surface area (TPSA) is 72.6 Å². The molecule has 1 atom stereocenters. The molecule has 0 radical (unpaired) electrons. The third-order valence-corrected chi connectivity index (χ3v) is 2.23. The first-order chi connectivity index (χ1) is 7.99. The molecule has 94 valence electrons. The molecule has 1 rings (SSSR count). The van der Waals surface area contributed by atoms with Gasteiger partial charge in [0.1, 0.15) is 12.4 Å². The van der Waals surface area contributed by atoms with Gasteiger partial charge in [0, 0.05) is 12.1 Å². The lowest BCUT2D eigenvalue weighted by Crippen LogP contribution is -2.19. The standard InChI is InChI=1S/C12H17NO4/c1-9(2)7-11(14)8-17-12-5-3-10(4-6-12)13(15)16/h3-6,9,11,14H,7-8H2,1-2H3/t11-/m1/s1. The Labute approximate surface area is 100 Å². The highest BCUT2D eigenvalue weighted by Crippen LogP contribution is 2.17. The van der Waals surface area contributed by atoms with Crippen LogP contribution in [0.15, 0.2) is 24.3 Å². The number of non-ortho nitro benzene ring substituents is 1. The van der Waals surface area contributed by atoms with Crippen LogP contribution in [-0.2, 0) is 0 Å². The van der Waals surface area contributed by atoms with Gasteiger partial charge < -0.3 is 9.84 Å². The third kappa shape index (κ3) is 4.82. The Kier molecular flexibility index (Phi) is 4.90. The molecule has 0 aliphatic rings. The second kappa shape index (κ2) is 6.20. The Balaban J connectivity index is 2.44. The van der Waals surface area contributed by atoms with Crippen LogP contribution in [-0.4, -0.2) is 22.7 Å². The van der Waals surface area contributed by atoms with E-state index >= 15 is 0 Å². The number of ether oxygens (including phenoxy) is 1. The Bertz CT molecular complexity index is 361. The van der Waals surface area contributed by atoms with Crippen LogP contribution in [0.3, 0.4) is 0 Å². The molecule has 5 heteroatoms. The predicted molar refractivity (Wildman–Crippen MR) is 64.1 cm³/mol. The van der Waals surface area contributed by atoms with Gasteiger partial charge in [-0.1, -0.05) is 13.8 Å². The molecule has 0 amide bonds. The first-order valence-electron chi connectivity index (χ1n) is 5.54. The number of hydrogen-bond acceptors (Lipinski definition) is 4. The van der Waals surface area contributed by atoms with E-state index in [0.29, 0.717) is 18.1 Å². The Morgan fingerprint density at radius 3 is 2.41 bits per heavy atom. The molecule has 0 aromatic heterocycles. The average molecular weight is 239 g/mol. The van der Waals surface area contributed by atoms with Crippen molar-refractivity contribution >= 4 is 5.69 Å². The second-order valence-electron chi connectivity index (χ2n) is 4.35. The first kappa shape index (κ1) is 13.4. The molecule has 0 unspecified atom stereocenters. The Morgan fingerprint density at radius 1 is 1.35 bits per heavy atom. The summed E-state index contributed by atoms with van der Waals surface area (Å²) in [7, 11) is 0. The largest absolute Gasteiger partial charge is 0.491 e. The van der Waals surface area contributed by atoms with Gasteiger partial charge in [0.25, 0.3) is 5.69 Å². The van der Waals surface area contributed by atoms with E-state index in [1.54, 1.807) is 0 Å². The van der Waals surface area contributed by atoms with E-state index < -0.39 is 11.0 Å². The molecule has 0 fully saturated rings. The average Bonchev–Trinajstić information content (AvgIpc) is 2.26. The van der Waals surface area contributed by atoms with E-state index in [-0.39, 0.29) is 12.3 Å². The van der Waals surface area contributed by atoms with Gasteiger partial charge in [-0.25, -0.2) is 0 Å². The van der Waals surface area contributed by atoms with Gasteiger partial charge in [0.2, 0.25) is 0 Å². The summed E-state index contributed by atoms with van der Waals surface area (Å²) < 4.78 is 5.33. The Hall–Kier alpha value is -1.62. The van der Waals surface area contributed by atoms with E-state index in [4.69, 9.17) is 4.74 Å². The fourth-order valence-corrected chi connectivity index (χ4v) is 1.47. The maximum atomic E-state index is 10.4. The minimum Gasteiger partial charge on any atom is -0.491 e. The number of aliphatic hydroxyl groups is 1. The number of nitrogens with zero attached hydrogens (tertiary/aromatic N) is 1. The highest BCUT2D eigenvalue weighted by molar-refractivity contribution is 5.35. The predicted octanol–water partition coefficient (Wildman–Crippen LogP) is 2.38. The van der Waals surface area contributed by atoms with Crippen molar-refractivity contribution in [1.29, 1.82) is 0 Å². The molecule has 5 nitrogen and oxygen atoms in total. The van der Waals surface area contributed by atoms with Gasteiger partial charge in [-0.3, -0.25) is 10.1 Å². The van der Waals surface area contributed by atoms with Crippen molar-refractivity contribution in [3.63, 3.8) is 0 Å². The summed E-state index contributed by atoms with van der Waals surface area (Å²) in [6.07, 6.45) is 0.165. The maximum Gasteiger partial charge on any atom is 0.269 e. The van der Waals surface area contributed by atoms with E-state index in [1.165, 1.54) is 24.3 Å². The number of aliphatic hydroxyl groups excluding tert-OH is 1. The maximum absolute atomic E-state index is 10.4. The smallest absolute Gasteiger partial charge is 0.269 e. The number of benzene rings is 1. The van der Waals surface area contributed by atoms with E-state index in [0.717, 1.165) is 0 Å². The number of nitro groups is 1. The van der Waals surface area contributed by atoms with Gasteiger partial charge in [-0.2, -0.15) is 0 Å². The highest BCUT2D eigenvalue weighted by Gasteiger charge is 2.09. The Morgan fingerprint density at radius 2 is 1.94 bits per heavy atom. The van der Waals surface area contributed by atoms with Gasteiger partial charge in [-0.05, 0) is 24.5 Å². The number of rotatable bonds is 6. The van der Waals surface area contributed by atoms with Crippen LogP contribution < -0.4 is 4.74 Å².